The van der Waals surface area contributed by atoms with Crippen LogP contribution in [0.4, 0.5) is 0 Å². The van der Waals surface area contributed by atoms with Crippen LogP contribution < -0.4 is 5.32 Å². The van der Waals surface area contributed by atoms with Gasteiger partial charge in [0.2, 0.25) is 0 Å². The van der Waals surface area contributed by atoms with Crippen molar-refractivity contribution < 1.29 is 0 Å². The molecule has 19 heavy (non-hydrogen) atoms. The van der Waals surface area contributed by atoms with E-state index in [2.05, 4.69) is 29.6 Å². The van der Waals surface area contributed by atoms with E-state index in [0.29, 0.717) is 6.04 Å². The maximum Gasteiger partial charge on any atom is 0.0576 e. The van der Waals surface area contributed by atoms with Crippen molar-refractivity contribution in [2.45, 2.75) is 25.3 Å². The Hall–Kier alpha value is -1.38. The molecule has 2 heterocycles. The van der Waals surface area contributed by atoms with Gasteiger partial charge in [0.1, 0.15) is 0 Å². The molecule has 1 aromatic carbocycles. The minimum atomic E-state index is 0.422. The molecule has 0 radical (unpaired) electrons. The van der Waals surface area contributed by atoms with Crippen LogP contribution in [0.15, 0.2) is 42.5 Å². The minimum absolute atomic E-state index is 0.422. The van der Waals surface area contributed by atoms with Crippen LogP contribution in [0.5, 0.6) is 0 Å². The molecule has 1 aromatic heterocycles. The fourth-order valence-electron chi connectivity index (χ4n) is 2.56. The quantitative estimate of drug-likeness (QED) is 0.920. The molecule has 0 amide bonds. The Labute approximate surface area is 118 Å². The Kier molecular flexibility index (Phi) is 3.81. The standard InChI is InChI=1S/C16H17ClN2/c17-14-7-2-1-5-12(14)11-13-6-3-8-16(19-13)15-9-4-10-18-15/h1-3,5-8,15,18H,4,9-11H2. The van der Waals surface area contributed by atoms with E-state index in [-0.39, 0.29) is 0 Å². The van der Waals surface area contributed by atoms with Gasteiger partial charge in [-0.1, -0.05) is 35.9 Å². The van der Waals surface area contributed by atoms with Gasteiger partial charge in [-0.05, 0) is 43.1 Å². The molecule has 2 aromatic rings. The van der Waals surface area contributed by atoms with Crippen molar-refractivity contribution in [3.05, 3.63) is 64.4 Å². The zero-order valence-electron chi connectivity index (χ0n) is 10.8. The molecule has 3 rings (SSSR count). The average molecular weight is 273 g/mol. The first-order valence-electron chi connectivity index (χ1n) is 6.75. The van der Waals surface area contributed by atoms with E-state index < -0.39 is 0 Å². The fraction of sp³-hybridized carbons (Fsp3) is 0.312. The van der Waals surface area contributed by atoms with Gasteiger partial charge in [-0.2, -0.15) is 0 Å². The van der Waals surface area contributed by atoms with E-state index in [4.69, 9.17) is 16.6 Å². The molecule has 1 aliphatic heterocycles. The lowest BCUT2D eigenvalue weighted by atomic mass is 10.1. The maximum absolute atomic E-state index is 6.20. The van der Waals surface area contributed by atoms with Crippen LogP contribution in [-0.4, -0.2) is 11.5 Å². The first-order chi connectivity index (χ1) is 9.33. The van der Waals surface area contributed by atoms with Gasteiger partial charge in [0.25, 0.3) is 0 Å². The Morgan fingerprint density at radius 3 is 2.84 bits per heavy atom. The molecule has 1 fully saturated rings. The number of halogens is 1. The van der Waals surface area contributed by atoms with Gasteiger partial charge in [0, 0.05) is 23.2 Å². The normalized spacial score (nSPS) is 18.7. The van der Waals surface area contributed by atoms with Crippen LogP contribution in [0.3, 0.4) is 0 Å². The molecular weight excluding hydrogens is 256 g/mol. The van der Waals surface area contributed by atoms with Gasteiger partial charge in [0.15, 0.2) is 0 Å². The highest BCUT2D eigenvalue weighted by Gasteiger charge is 2.17. The number of benzene rings is 1. The summed E-state index contributed by atoms with van der Waals surface area (Å²) in [6.45, 7) is 1.10. The van der Waals surface area contributed by atoms with Gasteiger partial charge < -0.3 is 5.32 Å². The van der Waals surface area contributed by atoms with Crippen LogP contribution >= 0.6 is 11.6 Å². The molecule has 3 heteroatoms. The fourth-order valence-corrected chi connectivity index (χ4v) is 2.77. The smallest absolute Gasteiger partial charge is 0.0576 e. The van der Waals surface area contributed by atoms with E-state index in [1.807, 2.05) is 18.2 Å². The largest absolute Gasteiger partial charge is 0.309 e. The van der Waals surface area contributed by atoms with Crippen LogP contribution in [0.25, 0.3) is 0 Å². The van der Waals surface area contributed by atoms with Crippen LogP contribution in [-0.2, 0) is 6.42 Å². The lowest BCUT2D eigenvalue weighted by Gasteiger charge is -2.11. The predicted molar refractivity (Wildman–Crippen MR) is 78.5 cm³/mol. The monoisotopic (exact) mass is 272 g/mol. The average Bonchev–Trinajstić information content (AvgIpc) is 2.96. The minimum Gasteiger partial charge on any atom is -0.309 e. The summed E-state index contributed by atoms with van der Waals surface area (Å²) in [5, 5.41) is 4.30. The predicted octanol–water partition coefficient (Wildman–Crippen LogP) is 3.75. The number of nitrogens with one attached hydrogen (secondary N) is 1. The second-order valence-electron chi connectivity index (χ2n) is 4.97. The first-order valence-corrected chi connectivity index (χ1v) is 7.13. The van der Waals surface area contributed by atoms with Crippen molar-refractivity contribution in [1.82, 2.24) is 10.3 Å². The molecule has 98 valence electrons. The summed E-state index contributed by atoms with van der Waals surface area (Å²) in [6, 6.07) is 14.7. The molecule has 2 nitrogen and oxygen atoms in total. The van der Waals surface area contributed by atoms with Crippen LogP contribution in [0.2, 0.25) is 5.02 Å². The highest BCUT2D eigenvalue weighted by Crippen LogP contribution is 2.23. The molecule has 1 unspecified atom stereocenters. The third-order valence-electron chi connectivity index (χ3n) is 3.58. The second kappa shape index (κ2) is 5.72. The third-order valence-corrected chi connectivity index (χ3v) is 3.94. The number of hydrogen-bond donors (Lipinski definition) is 1. The highest BCUT2D eigenvalue weighted by molar-refractivity contribution is 6.31. The maximum atomic E-state index is 6.20. The number of rotatable bonds is 3. The first kappa shape index (κ1) is 12.6. The Morgan fingerprint density at radius 2 is 2.05 bits per heavy atom. The van der Waals surface area contributed by atoms with E-state index >= 15 is 0 Å². The van der Waals surface area contributed by atoms with Crippen molar-refractivity contribution in [3.8, 4) is 0 Å². The van der Waals surface area contributed by atoms with Crippen molar-refractivity contribution in [3.63, 3.8) is 0 Å². The Balaban J connectivity index is 1.81. The zero-order chi connectivity index (χ0) is 13.1. The van der Waals surface area contributed by atoms with Crippen LogP contribution in [0.1, 0.15) is 35.8 Å². The van der Waals surface area contributed by atoms with E-state index in [0.717, 1.165) is 34.9 Å². The lowest BCUT2D eigenvalue weighted by molar-refractivity contribution is 0.625. The summed E-state index contributed by atoms with van der Waals surface area (Å²) in [5.74, 6) is 0. The zero-order valence-corrected chi connectivity index (χ0v) is 11.5. The number of nitrogens with zero attached hydrogens (tertiary/aromatic N) is 1. The van der Waals surface area contributed by atoms with Crippen molar-refractivity contribution in [1.29, 1.82) is 0 Å². The number of hydrogen-bond acceptors (Lipinski definition) is 2. The second-order valence-corrected chi connectivity index (χ2v) is 5.38. The van der Waals surface area contributed by atoms with Crippen molar-refractivity contribution >= 4 is 11.6 Å². The molecular formula is C16H17ClN2. The Bertz CT molecular complexity index is 562. The molecule has 0 aliphatic carbocycles. The third kappa shape index (κ3) is 2.96. The van der Waals surface area contributed by atoms with Gasteiger partial charge in [-0.25, -0.2) is 0 Å². The molecule has 1 atom stereocenters. The Morgan fingerprint density at radius 1 is 1.16 bits per heavy atom. The number of pyridine rings is 1. The molecule has 1 saturated heterocycles. The van der Waals surface area contributed by atoms with Crippen molar-refractivity contribution in [2.24, 2.45) is 0 Å². The van der Waals surface area contributed by atoms with E-state index in [1.54, 1.807) is 0 Å². The summed E-state index contributed by atoms with van der Waals surface area (Å²) >= 11 is 6.20. The molecule has 0 spiro atoms. The summed E-state index contributed by atoms with van der Waals surface area (Å²) in [7, 11) is 0. The van der Waals surface area contributed by atoms with Gasteiger partial charge in [0.05, 0.1) is 5.69 Å². The summed E-state index contributed by atoms with van der Waals surface area (Å²) < 4.78 is 0. The van der Waals surface area contributed by atoms with E-state index in [9.17, 15) is 0 Å². The summed E-state index contributed by atoms with van der Waals surface area (Å²) in [4.78, 5) is 4.77. The van der Waals surface area contributed by atoms with E-state index in [1.165, 1.54) is 12.8 Å². The van der Waals surface area contributed by atoms with Gasteiger partial charge in [-0.15, -0.1) is 0 Å². The van der Waals surface area contributed by atoms with Gasteiger partial charge >= 0.3 is 0 Å². The van der Waals surface area contributed by atoms with Crippen molar-refractivity contribution in [2.75, 3.05) is 6.54 Å². The van der Waals surface area contributed by atoms with Gasteiger partial charge in [-0.3, -0.25) is 4.98 Å². The van der Waals surface area contributed by atoms with Crippen LogP contribution in [0, 0.1) is 0 Å². The summed E-state index contributed by atoms with van der Waals surface area (Å²) in [6.07, 6.45) is 3.21. The number of aromatic nitrogens is 1. The molecule has 0 saturated carbocycles. The summed E-state index contributed by atoms with van der Waals surface area (Å²) in [5.41, 5.74) is 3.37. The molecule has 1 aliphatic rings. The molecule has 0 bridgehead atoms. The highest BCUT2D eigenvalue weighted by atomic mass is 35.5. The molecule has 1 N–H and O–H groups in total. The lowest BCUT2D eigenvalue weighted by Crippen LogP contribution is -2.14. The topological polar surface area (TPSA) is 24.9 Å². The SMILES string of the molecule is Clc1ccccc1Cc1cccc(C2CCCN2)n1.